The fourth-order valence-electron chi connectivity index (χ4n) is 4.06. The Labute approximate surface area is 169 Å². The maximum atomic E-state index is 12.6. The highest BCUT2D eigenvalue weighted by Crippen LogP contribution is 2.43. The molecule has 0 aliphatic heterocycles. The van der Waals surface area contributed by atoms with Crippen LogP contribution >= 0.6 is 0 Å². The quantitative estimate of drug-likeness (QED) is 0.398. The Balaban J connectivity index is 2.41. The normalized spacial score (nSPS) is 11.1. The van der Waals surface area contributed by atoms with Crippen LogP contribution in [0.25, 0.3) is 32.7 Å². The van der Waals surface area contributed by atoms with Crippen LogP contribution in [0, 0.1) is 0 Å². The molecule has 4 amide bonds. The van der Waals surface area contributed by atoms with Gasteiger partial charge in [-0.2, -0.15) is 0 Å². The molecule has 148 valence electrons. The van der Waals surface area contributed by atoms with Gasteiger partial charge >= 0.3 is 0 Å². The molecule has 2 bridgehead atoms. The van der Waals surface area contributed by atoms with Crippen molar-refractivity contribution in [1.82, 2.24) is 0 Å². The number of amides is 4. The molecule has 0 aliphatic carbocycles. The summed E-state index contributed by atoms with van der Waals surface area (Å²) in [7, 11) is 0. The summed E-state index contributed by atoms with van der Waals surface area (Å²) in [4.78, 5) is 49.5. The molecule has 0 atom stereocenters. The topological polar surface area (TPSA) is 172 Å². The zero-order valence-corrected chi connectivity index (χ0v) is 15.6. The maximum absolute atomic E-state index is 12.6. The van der Waals surface area contributed by atoms with Crippen molar-refractivity contribution in [3.63, 3.8) is 0 Å². The van der Waals surface area contributed by atoms with Gasteiger partial charge in [-0.1, -0.05) is 42.5 Å². The largest absolute Gasteiger partial charge is 0.366 e. The van der Waals surface area contributed by atoms with E-state index in [-0.39, 0.29) is 33.4 Å². The van der Waals surface area contributed by atoms with E-state index >= 15 is 0 Å². The summed E-state index contributed by atoms with van der Waals surface area (Å²) in [6.07, 6.45) is 0. The highest BCUT2D eigenvalue weighted by molar-refractivity contribution is 6.31. The highest BCUT2D eigenvalue weighted by atomic mass is 16.2. The fraction of sp³-hybridized carbons (Fsp3) is 0. The second kappa shape index (κ2) is 6.56. The molecule has 0 heterocycles. The molecule has 0 aromatic heterocycles. The van der Waals surface area contributed by atoms with Gasteiger partial charge in [-0.25, -0.2) is 0 Å². The highest BCUT2D eigenvalue weighted by Gasteiger charge is 2.31. The number of rotatable bonds is 5. The summed E-state index contributed by atoms with van der Waals surface area (Å²) in [5, 5.41) is 2.06. The Hall–Kier alpha value is -4.46. The minimum atomic E-state index is -1.04. The smallest absolute Gasteiger partial charge is 0.250 e. The summed E-state index contributed by atoms with van der Waals surface area (Å²) >= 11 is 0. The summed E-state index contributed by atoms with van der Waals surface area (Å²) in [5.41, 5.74) is 22.1. The monoisotopic (exact) mass is 400 g/mol. The lowest BCUT2D eigenvalue weighted by Crippen LogP contribution is -2.28. The van der Waals surface area contributed by atoms with Gasteiger partial charge < -0.3 is 22.9 Å². The van der Waals surface area contributed by atoms with Crippen LogP contribution in [0.3, 0.4) is 0 Å². The zero-order chi connectivity index (χ0) is 21.7. The Morgan fingerprint density at radius 3 is 1.53 bits per heavy atom. The fourth-order valence-corrected chi connectivity index (χ4v) is 4.06. The van der Waals surface area contributed by atoms with Crippen molar-refractivity contribution < 1.29 is 19.2 Å². The van der Waals surface area contributed by atoms with E-state index in [9.17, 15) is 19.2 Å². The minimum absolute atomic E-state index is 0.115. The molecule has 0 saturated carbocycles. The third kappa shape index (κ3) is 2.55. The Morgan fingerprint density at radius 1 is 0.533 bits per heavy atom. The molecule has 8 nitrogen and oxygen atoms in total. The van der Waals surface area contributed by atoms with E-state index in [2.05, 4.69) is 0 Å². The van der Waals surface area contributed by atoms with E-state index < -0.39 is 23.6 Å². The lowest BCUT2D eigenvalue weighted by molar-refractivity contribution is 0.0955. The number of carbonyl (C=O) groups excluding carboxylic acids is 4. The number of hydrogen-bond donors (Lipinski definition) is 4. The second-order valence-corrected chi connectivity index (χ2v) is 6.83. The van der Waals surface area contributed by atoms with Crippen molar-refractivity contribution in [1.29, 1.82) is 0 Å². The number of fused-ring (bicyclic) bond motifs is 2. The number of nitrogens with two attached hydrogens (primary N) is 4. The molecule has 8 N–H and O–H groups in total. The van der Waals surface area contributed by atoms with Crippen LogP contribution in [0.2, 0.25) is 0 Å². The third-order valence-corrected chi connectivity index (χ3v) is 5.16. The van der Waals surface area contributed by atoms with E-state index in [1.165, 1.54) is 6.07 Å². The van der Waals surface area contributed by atoms with Crippen LogP contribution in [0.4, 0.5) is 0 Å². The zero-order valence-electron chi connectivity index (χ0n) is 15.6. The van der Waals surface area contributed by atoms with Gasteiger partial charge in [0.2, 0.25) is 23.6 Å². The molecule has 0 fully saturated rings. The third-order valence-electron chi connectivity index (χ3n) is 5.16. The van der Waals surface area contributed by atoms with Crippen molar-refractivity contribution in [3.05, 3.63) is 70.8 Å². The van der Waals surface area contributed by atoms with Crippen LogP contribution in [-0.2, 0) is 0 Å². The molecule has 0 unspecified atom stereocenters. The van der Waals surface area contributed by atoms with E-state index in [0.29, 0.717) is 21.5 Å². The second-order valence-electron chi connectivity index (χ2n) is 6.83. The van der Waals surface area contributed by atoms with Crippen LogP contribution in [0.1, 0.15) is 41.4 Å². The van der Waals surface area contributed by atoms with Gasteiger partial charge in [0, 0.05) is 16.5 Å². The molecule has 8 heteroatoms. The molecule has 0 saturated heterocycles. The standard InChI is InChI=1S/C22H16N4O4/c23-19(27)12-4-2-1-3-11(12)15-13-9-5-7-10(8-6-9)14(13)16(20(24)28)18(22(26)30)17(15)21(25)29/h1-8H,(H2,23,27)(H2,24,28)(H2,25,29)(H2,26,30). The molecule has 5 rings (SSSR count). The first-order valence-corrected chi connectivity index (χ1v) is 8.87. The average molecular weight is 400 g/mol. The van der Waals surface area contributed by atoms with E-state index in [1.54, 1.807) is 42.5 Å². The predicted octanol–water partition coefficient (Wildman–Crippen LogP) is 1.49. The summed E-state index contributed by atoms with van der Waals surface area (Å²) in [6.45, 7) is 0. The lowest BCUT2D eigenvalue weighted by atomic mass is 9.80. The first-order chi connectivity index (χ1) is 14.2. The number of hydrogen-bond acceptors (Lipinski definition) is 4. The Bertz CT molecular complexity index is 1390. The molecule has 0 aliphatic rings. The molecule has 0 radical (unpaired) electrons. The van der Waals surface area contributed by atoms with Gasteiger partial charge in [0.25, 0.3) is 0 Å². The van der Waals surface area contributed by atoms with Gasteiger partial charge in [0.1, 0.15) is 0 Å². The van der Waals surface area contributed by atoms with Gasteiger partial charge in [0.05, 0.1) is 16.7 Å². The van der Waals surface area contributed by atoms with Crippen LogP contribution in [0.5, 0.6) is 0 Å². The average Bonchev–Trinajstić information content (AvgIpc) is 2.72. The van der Waals surface area contributed by atoms with Gasteiger partial charge in [-0.3, -0.25) is 19.2 Å². The Kier molecular flexibility index (Phi) is 4.13. The van der Waals surface area contributed by atoms with Crippen molar-refractivity contribution >= 4 is 45.2 Å². The Morgan fingerprint density at radius 2 is 1.03 bits per heavy atom. The van der Waals surface area contributed by atoms with Crippen molar-refractivity contribution in [2.75, 3.05) is 0 Å². The van der Waals surface area contributed by atoms with Gasteiger partial charge in [-0.05, 0) is 27.8 Å². The van der Waals surface area contributed by atoms with Crippen molar-refractivity contribution in [2.24, 2.45) is 22.9 Å². The van der Waals surface area contributed by atoms with Crippen LogP contribution in [0.15, 0.2) is 48.5 Å². The first-order valence-electron chi connectivity index (χ1n) is 8.87. The number of primary amides is 4. The summed E-state index contributed by atoms with van der Waals surface area (Å²) in [5.74, 6) is -3.71. The van der Waals surface area contributed by atoms with Crippen molar-refractivity contribution in [2.45, 2.75) is 0 Å². The molecule has 5 aromatic rings. The lowest BCUT2D eigenvalue weighted by Gasteiger charge is -2.22. The van der Waals surface area contributed by atoms with Gasteiger partial charge in [0.15, 0.2) is 0 Å². The van der Waals surface area contributed by atoms with Crippen LogP contribution < -0.4 is 22.9 Å². The first kappa shape index (κ1) is 18.9. The summed E-state index contributed by atoms with van der Waals surface area (Å²) in [6, 6.07) is 13.4. The SMILES string of the molecule is NC(=O)c1ccccc1-c1c(C(N)=O)c(C(N)=O)c(C(N)=O)c2c3ccc(cc3)c12. The molecule has 30 heavy (non-hydrogen) atoms. The molecule has 5 aromatic carbocycles. The van der Waals surface area contributed by atoms with E-state index in [1.807, 2.05) is 0 Å². The van der Waals surface area contributed by atoms with Gasteiger partial charge in [-0.15, -0.1) is 0 Å². The van der Waals surface area contributed by atoms with E-state index in [4.69, 9.17) is 22.9 Å². The minimum Gasteiger partial charge on any atom is -0.366 e. The molecule has 0 spiro atoms. The number of carbonyl (C=O) groups is 4. The number of benzene rings is 5. The summed E-state index contributed by atoms with van der Waals surface area (Å²) < 4.78 is 0. The van der Waals surface area contributed by atoms with Crippen LogP contribution in [-0.4, -0.2) is 23.6 Å². The molecular formula is C22H16N4O4. The molecular weight excluding hydrogens is 384 g/mol. The maximum Gasteiger partial charge on any atom is 0.250 e. The van der Waals surface area contributed by atoms with Crippen molar-refractivity contribution in [3.8, 4) is 11.1 Å². The predicted molar refractivity (Wildman–Crippen MR) is 112 cm³/mol. The van der Waals surface area contributed by atoms with E-state index in [0.717, 1.165) is 0 Å².